The maximum atomic E-state index is 12.4. The third-order valence-electron chi connectivity index (χ3n) is 4.98. The minimum atomic E-state index is -2.98. The minimum Gasteiger partial charge on any atom is -0.336 e. The molecular formula is C17H26N4O3S. The Bertz CT molecular complexity index is 660. The van der Waals surface area contributed by atoms with Gasteiger partial charge in [-0.3, -0.25) is 9.88 Å². The highest BCUT2D eigenvalue weighted by Crippen LogP contribution is 2.23. The van der Waals surface area contributed by atoms with E-state index >= 15 is 0 Å². The van der Waals surface area contributed by atoms with E-state index in [-0.39, 0.29) is 36.7 Å². The molecule has 2 aliphatic rings. The number of urea groups is 1. The fourth-order valence-electron chi connectivity index (χ4n) is 3.47. The Labute approximate surface area is 149 Å². The van der Waals surface area contributed by atoms with Crippen LogP contribution in [0.15, 0.2) is 24.5 Å². The highest BCUT2D eigenvalue weighted by atomic mass is 32.2. The number of hydrogen-bond acceptors (Lipinski definition) is 5. The summed E-state index contributed by atoms with van der Waals surface area (Å²) in [4.78, 5) is 20.6. The van der Waals surface area contributed by atoms with E-state index in [1.807, 2.05) is 18.3 Å². The van der Waals surface area contributed by atoms with E-state index < -0.39 is 9.84 Å². The third kappa shape index (κ3) is 4.92. The number of rotatable bonds is 4. The van der Waals surface area contributed by atoms with Gasteiger partial charge in [0, 0.05) is 32.0 Å². The van der Waals surface area contributed by atoms with Crippen LogP contribution in [0.3, 0.4) is 0 Å². The molecule has 138 valence electrons. The molecule has 3 heterocycles. The van der Waals surface area contributed by atoms with Crippen LogP contribution in [0.2, 0.25) is 0 Å². The molecule has 0 spiro atoms. The monoisotopic (exact) mass is 366 g/mol. The van der Waals surface area contributed by atoms with Gasteiger partial charge in [-0.25, -0.2) is 13.2 Å². The maximum Gasteiger partial charge on any atom is 0.317 e. The first kappa shape index (κ1) is 18.1. The smallest absolute Gasteiger partial charge is 0.317 e. The van der Waals surface area contributed by atoms with Gasteiger partial charge >= 0.3 is 6.03 Å². The van der Waals surface area contributed by atoms with Crippen LogP contribution in [0.25, 0.3) is 0 Å². The molecule has 0 aromatic carbocycles. The Morgan fingerprint density at radius 3 is 2.52 bits per heavy atom. The van der Waals surface area contributed by atoms with Crippen molar-refractivity contribution in [1.29, 1.82) is 0 Å². The topological polar surface area (TPSA) is 82.6 Å². The number of nitrogens with one attached hydrogen (secondary N) is 1. The van der Waals surface area contributed by atoms with Crippen LogP contribution in [-0.2, 0) is 9.84 Å². The average molecular weight is 366 g/mol. The largest absolute Gasteiger partial charge is 0.336 e. The molecule has 2 amide bonds. The molecule has 0 radical (unpaired) electrons. The van der Waals surface area contributed by atoms with Gasteiger partial charge in [-0.15, -0.1) is 0 Å². The Kier molecular flexibility index (Phi) is 5.90. The first-order valence-corrected chi connectivity index (χ1v) is 10.7. The molecule has 0 bridgehead atoms. The maximum absolute atomic E-state index is 12.4. The van der Waals surface area contributed by atoms with Crippen LogP contribution < -0.4 is 5.32 Å². The predicted molar refractivity (Wildman–Crippen MR) is 96.0 cm³/mol. The molecule has 0 aliphatic carbocycles. The summed E-state index contributed by atoms with van der Waals surface area (Å²) in [6.45, 7) is 3.10. The molecule has 7 nitrogen and oxygen atoms in total. The minimum absolute atomic E-state index is 0.0541. The molecule has 8 heteroatoms. The summed E-state index contributed by atoms with van der Waals surface area (Å²) in [7, 11) is -2.98. The van der Waals surface area contributed by atoms with Crippen LogP contribution in [0.1, 0.15) is 30.9 Å². The molecule has 1 N–H and O–H groups in total. The summed E-state index contributed by atoms with van der Waals surface area (Å²) in [6, 6.07) is 3.89. The molecule has 1 aromatic heterocycles. The Morgan fingerprint density at radius 2 is 1.88 bits per heavy atom. The number of aromatic nitrogens is 1. The highest BCUT2D eigenvalue weighted by Gasteiger charge is 2.27. The van der Waals surface area contributed by atoms with Gasteiger partial charge < -0.3 is 10.2 Å². The van der Waals surface area contributed by atoms with Crippen molar-refractivity contribution >= 4 is 15.9 Å². The summed E-state index contributed by atoms with van der Waals surface area (Å²) >= 11 is 0. The number of hydrogen-bond donors (Lipinski definition) is 1. The molecule has 2 saturated heterocycles. The highest BCUT2D eigenvalue weighted by molar-refractivity contribution is 7.91. The van der Waals surface area contributed by atoms with Gasteiger partial charge in [0.15, 0.2) is 9.84 Å². The van der Waals surface area contributed by atoms with Crippen LogP contribution in [0.5, 0.6) is 0 Å². The van der Waals surface area contributed by atoms with E-state index in [0.29, 0.717) is 6.54 Å². The van der Waals surface area contributed by atoms with Crippen molar-refractivity contribution in [2.45, 2.75) is 25.3 Å². The van der Waals surface area contributed by atoms with Crippen LogP contribution in [0, 0.1) is 0 Å². The molecule has 2 aliphatic heterocycles. The van der Waals surface area contributed by atoms with Gasteiger partial charge in [0.2, 0.25) is 0 Å². The summed E-state index contributed by atoms with van der Waals surface area (Å²) in [5, 5.41) is 3.00. The van der Waals surface area contributed by atoms with Crippen molar-refractivity contribution in [2.75, 3.05) is 44.2 Å². The standard InChI is InChI=1S/C17H26N4O3S/c22-17(21-9-11-25(23,24)12-10-21)19-14-16(15-5-4-6-18-13-15)20-7-2-1-3-8-20/h4-6,13,16H,1-3,7-12,14H2,(H,19,22)/t16-/m1/s1. The second kappa shape index (κ2) is 8.14. The Morgan fingerprint density at radius 1 is 1.16 bits per heavy atom. The van der Waals surface area contributed by atoms with Crippen molar-refractivity contribution in [2.24, 2.45) is 0 Å². The zero-order valence-corrected chi connectivity index (χ0v) is 15.2. The van der Waals surface area contributed by atoms with Crippen molar-refractivity contribution in [3.05, 3.63) is 30.1 Å². The van der Waals surface area contributed by atoms with Crippen LogP contribution in [0.4, 0.5) is 4.79 Å². The van der Waals surface area contributed by atoms with Crippen LogP contribution >= 0.6 is 0 Å². The second-order valence-corrected chi connectivity index (χ2v) is 9.03. The van der Waals surface area contributed by atoms with Gasteiger partial charge in [0.25, 0.3) is 0 Å². The molecule has 1 atom stereocenters. The lowest BCUT2D eigenvalue weighted by Gasteiger charge is -2.35. The fourth-order valence-corrected chi connectivity index (χ4v) is 4.67. The van der Waals surface area contributed by atoms with E-state index in [9.17, 15) is 13.2 Å². The lowest BCUT2D eigenvalue weighted by molar-refractivity contribution is 0.155. The van der Waals surface area contributed by atoms with Gasteiger partial charge in [-0.1, -0.05) is 12.5 Å². The van der Waals surface area contributed by atoms with Gasteiger partial charge in [-0.2, -0.15) is 0 Å². The number of nitrogens with zero attached hydrogens (tertiary/aromatic N) is 3. The van der Waals surface area contributed by atoms with Crippen molar-refractivity contribution < 1.29 is 13.2 Å². The zero-order valence-electron chi connectivity index (χ0n) is 14.4. The lowest BCUT2D eigenvalue weighted by atomic mass is 10.0. The normalized spacial score (nSPS) is 22.3. The molecule has 3 rings (SSSR count). The number of likely N-dealkylation sites (tertiary alicyclic amines) is 1. The number of amides is 2. The molecular weight excluding hydrogens is 340 g/mol. The van der Waals surface area contributed by atoms with E-state index in [1.54, 1.807) is 11.1 Å². The number of pyridine rings is 1. The van der Waals surface area contributed by atoms with Gasteiger partial charge in [0.05, 0.1) is 17.5 Å². The first-order chi connectivity index (χ1) is 12.1. The Hall–Kier alpha value is -1.67. The average Bonchev–Trinajstić information content (AvgIpc) is 2.63. The van der Waals surface area contributed by atoms with E-state index in [0.717, 1.165) is 18.7 Å². The lowest BCUT2D eigenvalue weighted by Crippen LogP contribution is -2.50. The molecule has 1 aromatic rings. The summed E-state index contributed by atoms with van der Waals surface area (Å²) in [5.41, 5.74) is 1.10. The summed E-state index contributed by atoms with van der Waals surface area (Å²) in [5.74, 6) is 0.108. The first-order valence-electron chi connectivity index (χ1n) is 8.92. The summed E-state index contributed by atoms with van der Waals surface area (Å²) in [6.07, 6.45) is 7.22. The van der Waals surface area contributed by atoms with Gasteiger partial charge in [-0.05, 0) is 37.6 Å². The van der Waals surface area contributed by atoms with Gasteiger partial charge in [0.1, 0.15) is 0 Å². The SMILES string of the molecule is O=C(NC[C@H](c1cccnc1)N1CCCCC1)N1CCS(=O)(=O)CC1. The number of carbonyl (C=O) groups excluding carboxylic acids is 1. The van der Waals surface area contributed by atoms with E-state index in [2.05, 4.69) is 15.2 Å². The zero-order chi connectivity index (χ0) is 17.7. The van der Waals surface area contributed by atoms with Crippen molar-refractivity contribution in [1.82, 2.24) is 20.1 Å². The Balaban J connectivity index is 1.61. The molecule has 2 fully saturated rings. The molecule has 25 heavy (non-hydrogen) atoms. The second-order valence-electron chi connectivity index (χ2n) is 6.72. The van der Waals surface area contributed by atoms with Crippen molar-refractivity contribution in [3.63, 3.8) is 0 Å². The van der Waals surface area contributed by atoms with E-state index in [4.69, 9.17) is 0 Å². The number of sulfone groups is 1. The predicted octanol–water partition coefficient (Wildman–Crippen LogP) is 1.05. The fraction of sp³-hybridized carbons (Fsp3) is 0.647. The number of piperidine rings is 1. The third-order valence-corrected chi connectivity index (χ3v) is 6.59. The number of carbonyl (C=O) groups is 1. The summed E-state index contributed by atoms with van der Waals surface area (Å²) < 4.78 is 23.0. The van der Waals surface area contributed by atoms with E-state index in [1.165, 1.54) is 19.3 Å². The van der Waals surface area contributed by atoms with Crippen LogP contribution in [-0.4, -0.2) is 73.5 Å². The molecule has 0 saturated carbocycles. The quantitative estimate of drug-likeness (QED) is 0.861. The van der Waals surface area contributed by atoms with Crippen molar-refractivity contribution in [3.8, 4) is 0 Å². The molecule has 0 unspecified atom stereocenters.